The van der Waals surface area contributed by atoms with Crippen LogP contribution in [0.5, 0.6) is 0 Å². The Morgan fingerprint density at radius 3 is 2.80 bits per heavy atom. The highest BCUT2D eigenvalue weighted by Gasteiger charge is 2.28. The number of carbonyl (C=O) groups excluding carboxylic acids is 1. The van der Waals surface area contributed by atoms with E-state index >= 15 is 0 Å². The maximum Gasteiger partial charge on any atom is 0.317 e. The van der Waals surface area contributed by atoms with Crippen LogP contribution in [0.1, 0.15) is 28.5 Å². The topological polar surface area (TPSA) is 78.5 Å². The Morgan fingerprint density at radius 2 is 2.04 bits per heavy atom. The van der Waals surface area contributed by atoms with Crippen LogP contribution in [0.3, 0.4) is 0 Å². The van der Waals surface area contributed by atoms with Crippen LogP contribution in [0, 0.1) is 0 Å². The van der Waals surface area contributed by atoms with Gasteiger partial charge >= 0.3 is 6.03 Å². The molecule has 1 aromatic heterocycles. The Bertz CT molecular complexity index is 877. The quantitative estimate of drug-likeness (QED) is 0.838. The average Bonchev–Trinajstić information content (AvgIpc) is 3.26. The van der Waals surface area contributed by atoms with Crippen molar-refractivity contribution in [1.82, 2.24) is 14.9 Å². The summed E-state index contributed by atoms with van der Waals surface area (Å²) in [5.74, 6) is 0. The van der Waals surface area contributed by atoms with Gasteiger partial charge in [-0.3, -0.25) is 0 Å². The Kier molecular flexibility index (Phi) is 5.12. The average molecular weight is 380 g/mol. The van der Waals surface area contributed by atoms with Crippen LogP contribution in [0.4, 0.5) is 4.79 Å². The molecule has 1 aromatic carbocycles. The van der Waals surface area contributed by atoms with Gasteiger partial charge in [-0.25, -0.2) is 17.9 Å². The van der Waals surface area contributed by atoms with E-state index in [0.717, 1.165) is 29.1 Å². The number of nitrogens with one attached hydrogen (secondary N) is 2. The predicted molar refractivity (Wildman–Crippen MR) is 98.1 cm³/mol. The van der Waals surface area contributed by atoms with Crippen molar-refractivity contribution < 1.29 is 13.2 Å². The number of amides is 2. The second kappa shape index (κ2) is 7.15. The summed E-state index contributed by atoms with van der Waals surface area (Å²) in [7, 11) is -0.255. The highest BCUT2D eigenvalue weighted by molar-refractivity contribution is 7.91. The van der Waals surface area contributed by atoms with Crippen molar-refractivity contribution in [2.24, 2.45) is 0 Å². The first-order valence-electron chi connectivity index (χ1n) is 8.03. The van der Waals surface area contributed by atoms with E-state index in [4.69, 9.17) is 0 Å². The van der Waals surface area contributed by atoms with E-state index in [1.54, 1.807) is 24.1 Å². The molecule has 2 amide bonds. The zero-order valence-electron chi connectivity index (χ0n) is 14.2. The minimum Gasteiger partial charge on any atom is -0.333 e. The van der Waals surface area contributed by atoms with E-state index in [2.05, 4.69) is 22.2 Å². The van der Waals surface area contributed by atoms with Gasteiger partial charge in [0.25, 0.3) is 0 Å². The molecular weight excluding hydrogens is 358 g/mol. The smallest absolute Gasteiger partial charge is 0.317 e. The van der Waals surface area contributed by atoms with E-state index < -0.39 is 10.0 Å². The van der Waals surface area contributed by atoms with Gasteiger partial charge in [0, 0.05) is 11.9 Å². The molecule has 2 N–H and O–H groups in total. The Balaban J connectivity index is 1.62. The van der Waals surface area contributed by atoms with Crippen molar-refractivity contribution in [3.05, 3.63) is 52.4 Å². The highest BCUT2D eigenvalue weighted by Crippen LogP contribution is 2.34. The summed E-state index contributed by atoms with van der Waals surface area (Å²) in [6, 6.07) is 11.4. The van der Waals surface area contributed by atoms with Gasteiger partial charge in [-0.2, -0.15) is 0 Å². The van der Waals surface area contributed by atoms with Crippen LogP contribution in [-0.4, -0.2) is 33.4 Å². The van der Waals surface area contributed by atoms with Crippen molar-refractivity contribution in [1.29, 1.82) is 0 Å². The van der Waals surface area contributed by atoms with Gasteiger partial charge in [-0.15, -0.1) is 11.3 Å². The number of aryl methyl sites for hydroxylation is 1. The molecule has 8 heteroatoms. The molecule has 3 rings (SSSR count). The molecular formula is C17H21N3O3S2. The maximum atomic E-state index is 12.5. The number of hydrogen-bond acceptors (Lipinski definition) is 4. The molecule has 0 spiro atoms. The fourth-order valence-electron chi connectivity index (χ4n) is 3.06. The molecule has 1 unspecified atom stereocenters. The van der Waals surface area contributed by atoms with Gasteiger partial charge in [-0.1, -0.05) is 24.3 Å². The number of benzene rings is 1. The molecule has 0 aliphatic heterocycles. The van der Waals surface area contributed by atoms with Crippen LogP contribution in [0.15, 0.2) is 40.6 Å². The largest absolute Gasteiger partial charge is 0.333 e. The molecule has 0 bridgehead atoms. The molecule has 1 heterocycles. The molecule has 25 heavy (non-hydrogen) atoms. The summed E-state index contributed by atoms with van der Waals surface area (Å²) >= 11 is 1.16. The summed E-state index contributed by atoms with van der Waals surface area (Å²) in [4.78, 5) is 15.0. The number of thiophene rings is 1. The lowest BCUT2D eigenvalue weighted by molar-refractivity contribution is 0.190. The SMILES string of the molecule is CNS(=O)(=O)c1ccc(CNC(=O)N(C)C2CCc3ccccc32)s1. The highest BCUT2D eigenvalue weighted by atomic mass is 32.2. The van der Waals surface area contributed by atoms with Gasteiger partial charge < -0.3 is 10.2 Å². The number of nitrogens with zero attached hydrogens (tertiary/aromatic N) is 1. The Labute approximate surface area is 151 Å². The second-order valence-electron chi connectivity index (χ2n) is 5.95. The van der Waals surface area contributed by atoms with Crippen LogP contribution in [0.25, 0.3) is 0 Å². The molecule has 1 atom stereocenters. The van der Waals surface area contributed by atoms with Crippen LogP contribution in [0.2, 0.25) is 0 Å². The summed E-state index contributed by atoms with van der Waals surface area (Å²) in [6.07, 6.45) is 1.90. The van der Waals surface area contributed by atoms with Gasteiger partial charge in [0.2, 0.25) is 10.0 Å². The molecule has 134 valence electrons. The van der Waals surface area contributed by atoms with Crippen LogP contribution in [-0.2, 0) is 23.0 Å². The van der Waals surface area contributed by atoms with Crippen molar-refractivity contribution >= 4 is 27.4 Å². The first-order valence-corrected chi connectivity index (χ1v) is 10.3. The molecule has 6 nitrogen and oxygen atoms in total. The predicted octanol–water partition coefficient (Wildman–Crippen LogP) is 2.49. The van der Waals surface area contributed by atoms with Gasteiger partial charge in [-0.05, 0) is 43.1 Å². The number of fused-ring (bicyclic) bond motifs is 1. The number of urea groups is 1. The lowest BCUT2D eigenvalue weighted by Gasteiger charge is -2.25. The lowest BCUT2D eigenvalue weighted by atomic mass is 10.1. The van der Waals surface area contributed by atoms with E-state index in [0.29, 0.717) is 6.54 Å². The Morgan fingerprint density at radius 1 is 1.28 bits per heavy atom. The van der Waals surface area contributed by atoms with Gasteiger partial charge in [0.05, 0.1) is 12.6 Å². The summed E-state index contributed by atoms with van der Waals surface area (Å²) in [5.41, 5.74) is 2.51. The molecule has 0 fully saturated rings. The number of rotatable bonds is 5. The fourth-order valence-corrected chi connectivity index (χ4v) is 5.20. The zero-order chi connectivity index (χ0) is 18.0. The standard InChI is InChI=1S/C17H21N3O3S2/c1-18-25(22,23)16-10-8-13(24-16)11-19-17(21)20(2)15-9-7-12-5-3-4-6-14(12)15/h3-6,8,10,15,18H,7,9,11H2,1-2H3,(H,19,21). The van der Waals surface area contributed by atoms with Crippen molar-refractivity contribution in [2.45, 2.75) is 29.6 Å². The molecule has 0 radical (unpaired) electrons. The number of carbonyl (C=O) groups is 1. The fraction of sp³-hybridized carbons (Fsp3) is 0.353. The van der Waals surface area contributed by atoms with Crippen molar-refractivity contribution in [2.75, 3.05) is 14.1 Å². The molecule has 2 aromatic rings. The van der Waals surface area contributed by atoms with Gasteiger partial charge in [0.15, 0.2) is 0 Å². The second-order valence-corrected chi connectivity index (χ2v) is 9.23. The van der Waals surface area contributed by atoms with E-state index in [1.807, 2.05) is 12.1 Å². The zero-order valence-corrected chi connectivity index (χ0v) is 15.8. The van der Waals surface area contributed by atoms with Crippen molar-refractivity contribution in [3.8, 4) is 0 Å². The minimum atomic E-state index is -3.43. The summed E-state index contributed by atoms with van der Waals surface area (Å²) in [6.45, 7) is 0.307. The van der Waals surface area contributed by atoms with E-state index in [1.165, 1.54) is 18.2 Å². The Hall–Kier alpha value is -1.90. The first kappa shape index (κ1) is 17.9. The maximum absolute atomic E-state index is 12.5. The normalized spacial score (nSPS) is 16.5. The number of sulfonamides is 1. The van der Waals surface area contributed by atoms with Crippen LogP contribution < -0.4 is 10.0 Å². The third-order valence-corrected chi connectivity index (χ3v) is 7.46. The van der Waals surface area contributed by atoms with E-state index in [-0.39, 0.29) is 16.3 Å². The molecule has 1 aliphatic carbocycles. The van der Waals surface area contributed by atoms with Gasteiger partial charge in [0.1, 0.15) is 4.21 Å². The molecule has 0 saturated carbocycles. The number of hydrogen-bond donors (Lipinski definition) is 2. The third kappa shape index (κ3) is 3.70. The van der Waals surface area contributed by atoms with Crippen molar-refractivity contribution in [3.63, 3.8) is 0 Å². The van der Waals surface area contributed by atoms with Crippen LogP contribution >= 0.6 is 11.3 Å². The lowest BCUT2D eigenvalue weighted by Crippen LogP contribution is -2.38. The third-order valence-electron chi connectivity index (χ3n) is 4.47. The molecule has 0 saturated heterocycles. The minimum absolute atomic E-state index is 0.0831. The summed E-state index contributed by atoms with van der Waals surface area (Å²) in [5, 5.41) is 2.87. The summed E-state index contributed by atoms with van der Waals surface area (Å²) < 4.78 is 26.0. The molecule has 1 aliphatic rings. The first-order chi connectivity index (χ1) is 11.9. The van der Waals surface area contributed by atoms with E-state index in [9.17, 15) is 13.2 Å². The monoisotopic (exact) mass is 379 g/mol.